The molecule has 0 spiro atoms. The van der Waals surface area contributed by atoms with E-state index >= 15 is 0 Å². The topological polar surface area (TPSA) is 58.2 Å². The number of carbonyl (C=O) groups excluding carboxylic acids is 1. The molecule has 1 aromatic heterocycles. The SMILES string of the molecule is COC(=O)c1cccc(CN(C)CCc2cnc[nH]2)c1. The zero-order valence-corrected chi connectivity index (χ0v) is 11.8. The molecule has 1 aromatic carbocycles. The van der Waals surface area contributed by atoms with Crippen LogP contribution in [0.3, 0.4) is 0 Å². The average molecular weight is 273 g/mol. The summed E-state index contributed by atoms with van der Waals surface area (Å²) in [6, 6.07) is 7.53. The smallest absolute Gasteiger partial charge is 0.337 e. The molecule has 0 aliphatic rings. The first kappa shape index (κ1) is 14.3. The van der Waals surface area contributed by atoms with Crippen molar-refractivity contribution in [2.24, 2.45) is 0 Å². The van der Waals surface area contributed by atoms with Gasteiger partial charge in [-0.05, 0) is 24.7 Å². The molecule has 2 rings (SSSR count). The summed E-state index contributed by atoms with van der Waals surface area (Å²) in [5.41, 5.74) is 2.81. The number of imidazole rings is 1. The van der Waals surface area contributed by atoms with Crippen molar-refractivity contribution in [3.63, 3.8) is 0 Å². The summed E-state index contributed by atoms with van der Waals surface area (Å²) >= 11 is 0. The van der Waals surface area contributed by atoms with E-state index in [1.807, 2.05) is 24.4 Å². The second-order valence-corrected chi connectivity index (χ2v) is 4.76. The lowest BCUT2D eigenvalue weighted by Gasteiger charge is -2.16. The fourth-order valence-corrected chi connectivity index (χ4v) is 2.04. The van der Waals surface area contributed by atoms with Gasteiger partial charge in [0.25, 0.3) is 0 Å². The number of aromatic amines is 1. The number of nitrogens with zero attached hydrogens (tertiary/aromatic N) is 2. The van der Waals surface area contributed by atoms with Crippen molar-refractivity contribution in [1.29, 1.82) is 0 Å². The summed E-state index contributed by atoms with van der Waals surface area (Å²) in [4.78, 5) is 20.8. The molecule has 5 heteroatoms. The molecule has 1 N–H and O–H groups in total. The normalized spacial score (nSPS) is 10.8. The van der Waals surface area contributed by atoms with Gasteiger partial charge in [-0.2, -0.15) is 0 Å². The highest BCUT2D eigenvalue weighted by Crippen LogP contribution is 2.09. The number of rotatable bonds is 6. The van der Waals surface area contributed by atoms with E-state index in [9.17, 15) is 4.79 Å². The largest absolute Gasteiger partial charge is 0.465 e. The maximum atomic E-state index is 11.5. The lowest BCUT2D eigenvalue weighted by molar-refractivity contribution is 0.0600. The molecule has 106 valence electrons. The number of hydrogen-bond donors (Lipinski definition) is 1. The molecule has 0 saturated carbocycles. The number of hydrogen-bond acceptors (Lipinski definition) is 4. The number of nitrogens with one attached hydrogen (secondary N) is 1. The van der Waals surface area contributed by atoms with Gasteiger partial charge < -0.3 is 14.6 Å². The Labute approximate surface area is 118 Å². The van der Waals surface area contributed by atoms with Crippen LogP contribution < -0.4 is 0 Å². The first-order valence-corrected chi connectivity index (χ1v) is 6.52. The van der Waals surface area contributed by atoms with Crippen LogP contribution in [0.2, 0.25) is 0 Å². The summed E-state index contributed by atoms with van der Waals surface area (Å²) < 4.78 is 4.73. The van der Waals surface area contributed by atoms with Crippen LogP contribution in [0, 0.1) is 0 Å². The molecule has 0 amide bonds. The van der Waals surface area contributed by atoms with Gasteiger partial charge in [-0.1, -0.05) is 12.1 Å². The maximum Gasteiger partial charge on any atom is 0.337 e. The molecule has 0 aliphatic carbocycles. The van der Waals surface area contributed by atoms with E-state index in [-0.39, 0.29) is 5.97 Å². The third-order valence-electron chi connectivity index (χ3n) is 3.12. The van der Waals surface area contributed by atoms with Crippen LogP contribution in [0.4, 0.5) is 0 Å². The highest BCUT2D eigenvalue weighted by atomic mass is 16.5. The molecule has 5 nitrogen and oxygen atoms in total. The molecule has 0 aliphatic heterocycles. The molecule has 2 aromatic rings. The Balaban J connectivity index is 1.90. The molecular weight excluding hydrogens is 254 g/mol. The van der Waals surface area contributed by atoms with E-state index in [0.29, 0.717) is 5.56 Å². The van der Waals surface area contributed by atoms with E-state index in [4.69, 9.17) is 4.74 Å². The van der Waals surface area contributed by atoms with Gasteiger partial charge in [0.15, 0.2) is 0 Å². The first-order valence-electron chi connectivity index (χ1n) is 6.52. The third kappa shape index (κ3) is 3.93. The minimum absolute atomic E-state index is 0.299. The molecule has 0 radical (unpaired) electrons. The molecular formula is C15H19N3O2. The van der Waals surface area contributed by atoms with Gasteiger partial charge in [-0.3, -0.25) is 0 Å². The Bertz CT molecular complexity index is 552. The quantitative estimate of drug-likeness (QED) is 0.816. The van der Waals surface area contributed by atoms with Crippen LogP contribution in [0.25, 0.3) is 0 Å². The van der Waals surface area contributed by atoms with Gasteiger partial charge in [0.05, 0.1) is 19.0 Å². The van der Waals surface area contributed by atoms with E-state index in [0.717, 1.165) is 30.8 Å². The minimum Gasteiger partial charge on any atom is -0.465 e. The van der Waals surface area contributed by atoms with Crippen LogP contribution in [-0.2, 0) is 17.7 Å². The average Bonchev–Trinajstić information content (AvgIpc) is 2.98. The lowest BCUT2D eigenvalue weighted by Crippen LogP contribution is -2.21. The predicted molar refractivity (Wildman–Crippen MR) is 76.4 cm³/mol. The number of methoxy groups -OCH3 is 1. The number of benzene rings is 1. The molecule has 0 saturated heterocycles. The number of carbonyl (C=O) groups is 1. The fourth-order valence-electron chi connectivity index (χ4n) is 2.04. The van der Waals surface area contributed by atoms with Gasteiger partial charge in [0, 0.05) is 31.4 Å². The Morgan fingerprint density at radius 2 is 2.30 bits per heavy atom. The zero-order valence-electron chi connectivity index (χ0n) is 11.8. The fraction of sp³-hybridized carbons (Fsp3) is 0.333. The van der Waals surface area contributed by atoms with Gasteiger partial charge in [-0.15, -0.1) is 0 Å². The molecule has 1 heterocycles. The third-order valence-corrected chi connectivity index (χ3v) is 3.12. The highest BCUT2D eigenvalue weighted by Gasteiger charge is 2.07. The number of aromatic nitrogens is 2. The summed E-state index contributed by atoms with van der Waals surface area (Å²) in [5.74, 6) is -0.299. The van der Waals surface area contributed by atoms with Crippen LogP contribution in [-0.4, -0.2) is 41.5 Å². The lowest BCUT2D eigenvalue weighted by atomic mass is 10.1. The Kier molecular flexibility index (Phi) is 4.90. The minimum atomic E-state index is -0.299. The van der Waals surface area contributed by atoms with Crippen LogP contribution in [0.15, 0.2) is 36.8 Å². The number of likely N-dealkylation sites (N-methyl/N-ethyl adjacent to an activating group) is 1. The van der Waals surface area contributed by atoms with E-state index in [1.54, 1.807) is 12.4 Å². The second-order valence-electron chi connectivity index (χ2n) is 4.76. The van der Waals surface area contributed by atoms with Gasteiger partial charge in [0.2, 0.25) is 0 Å². The van der Waals surface area contributed by atoms with E-state index in [1.165, 1.54) is 7.11 Å². The van der Waals surface area contributed by atoms with Crippen LogP contribution in [0.1, 0.15) is 21.6 Å². The van der Waals surface area contributed by atoms with Crippen molar-refractivity contribution in [2.75, 3.05) is 20.7 Å². The van der Waals surface area contributed by atoms with E-state index < -0.39 is 0 Å². The standard InChI is InChI=1S/C15H19N3O2/c1-18(7-6-14-9-16-11-17-14)10-12-4-3-5-13(8-12)15(19)20-2/h3-5,8-9,11H,6-7,10H2,1-2H3,(H,16,17). The Morgan fingerprint density at radius 1 is 1.45 bits per heavy atom. The van der Waals surface area contributed by atoms with Gasteiger partial charge in [0.1, 0.15) is 0 Å². The zero-order chi connectivity index (χ0) is 14.4. The number of ether oxygens (including phenoxy) is 1. The van der Waals surface area contributed by atoms with Crippen molar-refractivity contribution in [3.05, 3.63) is 53.6 Å². The monoisotopic (exact) mass is 273 g/mol. The molecule has 0 bridgehead atoms. The van der Waals surface area contributed by atoms with Gasteiger partial charge >= 0.3 is 5.97 Å². The van der Waals surface area contributed by atoms with Crippen molar-refractivity contribution in [1.82, 2.24) is 14.9 Å². The van der Waals surface area contributed by atoms with Crippen LogP contribution >= 0.6 is 0 Å². The van der Waals surface area contributed by atoms with Crippen molar-refractivity contribution < 1.29 is 9.53 Å². The Hall–Kier alpha value is -2.14. The molecule has 0 unspecified atom stereocenters. The number of esters is 1. The molecule has 0 fully saturated rings. The predicted octanol–water partition coefficient (Wildman–Crippen LogP) is 1.87. The van der Waals surface area contributed by atoms with E-state index in [2.05, 4.69) is 21.9 Å². The summed E-state index contributed by atoms with van der Waals surface area (Å²) in [6.45, 7) is 1.71. The highest BCUT2D eigenvalue weighted by molar-refractivity contribution is 5.89. The first-order chi connectivity index (χ1) is 9.69. The van der Waals surface area contributed by atoms with Crippen LogP contribution in [0.5, 0.6) is 0 Å². The summed E-state index contributed by atoms with van der Waals surface area (Å²) in [6.07, 6.45) is 4.45. The Morgan fingerprint density at radius 3 is 3.00 bits per heavy atom. The maximum absolute atomic E-state index is 11.5. The summed E-state index contributed by atoms with van der Waals surface area (Å²) in [5, 5.41) is 0. The number of H-pyrrole nitrogens is 1. The second kappa shape index (κ2) is 6.86. The molecule has 0 atom stereocenters. The van der Waals surface area contributed by atoms with Crippen molar-refractivity contribution >= 4 is 5.97 Å². The summed E-state index contributed by atoms with van der Waals surface area (Å²) in [7, 11) is 3.45. The van der Waals surface area contributed by atoms with Crippen molar-refractivity contribution in [3.8, 4) is 0 Å². The van der Waals surface area contributed by atoms with Gasteiger partial charge in [-0.25, -0.2) is 9.78 Å². The van der Waals surface area contributed by atoms with Crippen molar-refractivity contribution in [2.45, 2.75) is 13.0 Å². The molecule has 20 heavy (non-hydrogen) atoms.